The largest absolute Gasteiger partial charge is 0.330 e. The molecule has 0 saturated carbocycles. The first-order valence-corrected chi connectivity index (χ1v) is 6.26. The summed E-state index contributed by atoms with van der Waals surface area (Å²) in [5, 5.41) is 1.19. The Hall–Kier alpha value is -0.930. The van der Waals surface area contributed by atoms with E-state index in [1.807, 2.05) is 12.1 Å². The molecule has 0 spiro atoms. The molecule has 16 heavy (non-hydrogen) atoms. The number of hydrogen-bond acceptors (Lipinski definition) is 2. The SMILES string of the molecule is Cc1nc2c(Br)cccc2cc1CCCN. The van der Waals surface area contributed by atoms with Crippen molar-refractivity contribution in [3.8, 4) is 0 Å². The van der Waals surface area contributed by atoms with Crippen molar-refractivity contribution in [1.82, 2.24) is 4.98 Å². The third-order valence-corrected chi connectivity index (χ3v) is 3.38. The van der Waals surface area contributed by atoms with Gasteiger partial charge in [0.25, 0.3) is 0 Å². The summed E-state index contributed by atoms with van der Waals surface area (Å²) in [5.41, 5.74) is 8.98. The van der Waals surface area contributed by atoms with E-state index < -0.39 is 0 Å². The van der Waals surface area contributed by atoms with Crippen molar-refractivity contribution in [3.63, 3.8) is 0 Å². The Labute approximate surface area is 104 Å². The number of benzene rings is 1. The highest BCUT2D eigenvalue weighted by Crippen LogP contribution is 2.24. The first kappa shape index (κ1) is 11.6. The molecule has 1 aromatic heterocycles. The molecule has 1 heterocycles. The van der Waals surface area contributed by atoms with Gasteiger partial charge in [-0.1, -0.05) is 12.1 Å². The molecule has 0 aliphatic rings. The number of fused-ring (bicyclic) bond motifs is 1. The van der Waals surface area contributed by atoms with Crippen molar-refractivity contribution < 1.29 is 0 Å². The van der Waals surface area contributed by atoms with Gasteiger partial charge in [0.05, 0.1) is 5.52 Å². The van der Waals surface area contributed by atoms with E-state index in [1.165, 1.54) is 10.9 Å². The van der Waals surface area contributed by atoms with Gasteiger partial charge in [0.15, 0.2) is 0 Å². The second-order valence-electron chi connectivity index (χ2n) is 3.94. The van der Waals surface area contributed by atoms with Crippen LogP contribution in [-0.4, -0.2) is 11.5 Å². The quantitative estimate of drug-likeness (QED) is 0.937. The number of halogens is 1. The summed E-state index contributed by atoms with van der Waals surface area (Å²) in [6, 6.07) is 8.38. The highest BCUT2D eigenvalue weighted by atomic mass is 79.9. The first-order chi connectivity index (χ1) is 7.72. The molecule has 0 aliphatic heterocycles. The minimum atomic E-state index is 0.732. The van der Waals surface area contributed by atoms with Crippen LogP contribution in [0.1, 0.15) is 17.7 Å². The highest BCUT2D eigenvalue weighted by molar-refractivity contribution is 9.10. The number of nitrogens with zero attached hydrogens (tertiary/aromatic N) is 1. The van der Waals surface area contributed by atoms with Gasteiger partial charge in [0.2, 0.25) is 0 Å². The molecule has 0 fully saturated rings. The van der Waals surface area contributed by atoms with E-state index in [0.29, 0.717) is 0 Å². The highest BCUT2D eigenvalue weighted by Gasteiger charge is 2.05. The third kappa shape index (κ3) is 2.25. The first-order valence-electron chi connectivity index (χ1n) is 5.47. The lowest BCUT2D eigenvalue weighted by molar-refractivity contribution is 0.824. The summed E-state index contributed by atoms with van der Waals surface area (Å²) < 4.78 is 1.05. The van der Waals surface area contributed by atoms with Crippen LogP contribution in [0.4, 0.5) is 0 Å². The number of para-hydroxylation sites is 1. The van der Waals surface area contributed by atoms with E-state index in [4.69, 9.17) is 5.73 Å². The molecule has 0 unspecified atom stereocenters. The maximum atomic E-state index is 5.54. The zero-order chi connectivity index (χ0) is 11.5. The van der Waals surface area contributed by atoms with Crippen molar-refractivity contribution in [2.24, 2.45) is 5.73 Å². The number of nitrogens with two attached hydrogens (primary N) is 1. The Balaban J connectivity index is 2.50. The molecule has 0 amide bonds. The van der Waals surface area contributed by atoms with Crippen LogP contribution in [0.5, 0.6) is 0 Å². The molecule has 0 bridgehead atoms. The van der Waals surface area contributed by atoms with Crippen molar-refractivity contribution in [1.29, 1.82) is 0 Å². The second kappa shape index (κ2) is 4.93. The molecule has 0 aliphatic carbocycles. The van der Waals surface area contributed by atoms with Crippen LogP contribution in [0.15, 0.2) is 28.7 Å². The molecular weight excluding hydrogens is 264 g/mol. The molecule has 2 nitrogen and oxygen atoms in total. The fourth-order valence-electron chi connectivity index (χ4n) is 1.84. The molecular formula is C13H15BrN2. The van der Waals surface area contributed by atoms with Crippen LogP contribution in [0, 0.1) is 6.92 Å². The van der Waals surface area contributed by atoms with E-state index in [1.54, 1.807) is 0 Å². The lowest BCUT2D eigenvalue weighted by Gasteiger charge is -2.07. The fourth-order valence-corrected chi connectivity index (χ4v) is 2.31. The van der Waals surface area contributed by atoms with E-state index in [0.717, 1.165) is 35.1 Å². The molecule has 84 valence electrons. The van der Waals surface area contributed by atoms with Gasteiger partial charge in [-0.2, -0.15) is 0 Å². The summed E-state index contributed by atoms with van der Waals surface area (Å²) in [6.07, 6.45) is 2.03. The van der Waals surface area contributed by atoms with Crippen molar-refractivity contribution in [2.75, 3.05) is 6.54 Å². The number of aryl methyl sites for hydroxylation is 2. The van der Waals surface area contributed by atoms with Gasteiger partial charge in [-0.15, -0.1) is 0 Å². The number of hydrogen-bond donors (Lipinski definition) is 1. The van der Waals surface area contributed by atoms with Crippen LogP contribution in [0.25, 0.3) is 10.9 Å². The Morgan fingerprint density at radius 3 is 2.94 bits per heavy atom. The van der Waals surface area contributed by atoms with Crippen LogP contribution in [0.2, 0.25) is 0 Å². The molecule has 0 saturated heterocycles. The van der Waals surface area contributed by atoms with E-state index >= 15 is 0 Å². The molecule has 1 aromatic carbocycles. The number of pyridine rings is 1. The van der Waals surface area contributed by atoms with Gasteiger partial charge in [0.1, 0.15) is 0 Å². The maximum absolute atomic E-state index is 5.54. The normalized spacial score (nSPS) is 10.9. The average Bonchev–Trinajstić information content (AvgIpc) is 2.28. The second-order valence-corrected chi connectivity index (χ2v) is 4.79. The summed E-state index contributed by atoms with van der Waals surface area (Å²) in [7, 11) is 0. The molecule has 0 atom stereocenters. The average molecular weight is 279 g/mol. The summed E-state index contributed by atoms with van der Waals surface area (Å²) in [5.74, 6) is 0. The van der Waals surface area contributed by atoms with Gasteiger partial charge in [0, 0.05) is 15.6 Å². The molecule has 2 N–H and O–H groups in total. The summed E-state index contributed by atoms with van der Waals surface area (Å²) in [4.78, 5) is 4.64. The van der Waals surface area contributed by atoms with Crippen LogP contribution in [0.3, 0.4) is 0 Å². The smallest absolute Gasteiger partial charge is 0.0847 e. The van der Waals surface area contributed by atoms with E-state index in [2.05, 4.69) is 40.0 Å². The van der Waals surface area contributed by atoms with E-state index in [9.17, 15) is 0 Å². The van der Waals surface area contributed by atoms with Gasteiger partial charge in [-0.25, -0.2) is 0 Å². The van der Waals surface area contributed by atoms with Gasteiger partial charge in [-0.3, -0.25) is 4.98 Å². The molecule has 0 radical (unpaired) electrons. The van der Waals surface area contributed by atoms with Crippen LogP contribution >= 0.6 is 15.9 Å². The predicted octanol–water partition coefficient (Wildman–Crippen LogP) is 3.20. The number of aromatic nitrogens is 1. The van der Waals surface area contributed by atoms with Crippen molar-refractivity contribution in [3.05, 3.63) is 40.0 Å². The lowest BCUT2D eigenvalue weighted by Crippen LogP contribution is -2.02. The lowest BCUT2D eigenvalue weighted by atomic mass is 10.1. The minimum Gasteiger partial charge on any atom is -0.330 e. The summed E-state index contributed by atoms with van der Waals surface area (Å²) in [6.45, 7) is 2.79. The zero-order valence-corrected chi connectivity index (χ0v) is 10.9. The molecule has 2 aromatic rings. The molecule has 2 rings (SSSR count). The predicted molar refractivity (Wildman–Crippen MR) is 71.6 cm³/mol. The fraction of sp³-hybridized carbons (Fsp3) is 0.308. The Morgan fingerprint density at radius 1 is 1.38 bits per heavy atom. The Bertz CT molecular complexity index is 509. The van der Waals surface area contributed by atoms with Gasteiger partial charge in [-0.05, 0) is 59.9 Å². The van der Waals surface area contributed by atoms with Crippen molar-refractivity contribution in [2.45, 2.75) is 19.8 Å². The summed E-state index contributed by atoms with van der Waals surface area (Å²) >= 11 is 3.53. The van der Waals surface area contributed by atoms with Crippen LogP contribution in [-0.2, 0) is 6.42 Å². The maximum Gasteiger partial charge on any atom is 0.0847 e. The Morgan fingerprint density at radius 2 is 2.19 bits per heavy atom. The topological polar surface area (TPSA) is 38.9 Å². The van der Waals surface area contributed by atoms with Crippen LogP contribution < -0.4 is 5.73 Å². The third-order valence-electron chi connectivity index (χ3n) is 2.74. The monoisotopic (exact) mass is 278 g/mol. The minimum absolute atomic E-state index is 0.732. The standard InChI is InChI=1S/C13H15BrN2/c1-9-10(5-3-7-15)8-11-4-2-6-12(14)13(11)16-9/h2,4,6,8H,3,5,7,15H2,1H3. The molecule has 3 heteroatoms. The van der Waals surface area contributed by atoms with E-state index in [-0.39, 0.29) is 0 Å². The zero-order valence-electron chi connectivity index (χ0n) is 9.33. The van der Waals surface area contributed by atoms with Crippen molar-refractivity contribution >= 4 is 26.8 Å². The van der Waals surface area contributed by atoms with Gasteiger partial charge < -0.3 is 5.73 Å². The number of rotatable bonds is 3. The Kier molecular flexibility index (Phi) is 3.56. The van der Waals surface area contributed by atoms with Gasteiger partial charge >= 0.3 is 0 Å².